The quantitative estimate of drug-likeness (QED) is 0.0384. The minimum atomic E-state index is -3.36. The summed E-state index contributed by atoms with van der Waals surface area (Å²) in [4.78, 5) is 51.0. The van der Waals surface area contributed by atoms with Gasteiger partial charge in [0.05, 0.1) is 14.2 Å². The third kappa shape index (κ3) is 9.72. The third-order valence-electron chi connectivity index (χ3n) is 11.3. The molecule has 2 aliphatic rings. The fraction of sp³-hybridized carbons (Fsp3) is 0.364. The molecule has 21 heteroatoms. The van der Waals surface area contributed by atoms with E-state index in [1.165, 1.54) is 26.7 Å². The van der Waals surface area contributed by atoms with E-state index in [2.05, 4.69) is 35.0 Å². The van der Waals surface area contributed by atoms with Crippen LogP contribution < -0.4 is 30.9 Å². The monoisotopic (exact) mass is 978 g/mol. The number of carbonyl (C=O) groups excluding carboxylic acids is 1. The van der Waals surface area contributed by atoms with Crippen LogP contribution in [0.4, 0.5) is 5.95 Å². The molecule has 2 saturated heterocycles. The topological polar surface area (TPSA) is 226 Å². The molecule has 2 fully saturated rings. The second-order valence-corrected chi connectivity index (χ2v) is 19.9. The van der Waals surface area contributed by atoms with Crippen LogP contribution in [0.15, 0.2) is 107 Å². The fourth-order valence-electron chi connectivity index (χ4n) is 8.13. The van der Waals surface area contributed by atoms with Crippen LogP contribution >= 0.6 is 6.19 Å². The molecule has 0 radical (unpaired) electrons. The number of aryl methyl sites for hydroxylation is 1. The van der Waals surface area contributed by atoms with Gasteiger partial charge in [-0.05, 0) is 0 Å². The van der Waals surface area contributed by atoms with Gasteiger partial charge in [0.25, 0.3) is 0 Å². The summed E-state index contributed by atoms with van der Waals surface area (Å²) in [5.41, 5.74) is 7.29. The number of hydrogen-bond donors (Lipinski definition) is 3. The maximum atomic E-state index is 12.8. The van der Waals surface area contributed by atoms with Crippen molar-refractivity contribution in [1.29, 1.82) is 0 Å². The van der Waals surface area contributed by atoms with E-state index in [-0.39, 0.29) is 42.3 Å². The number of benzene rings is 3. The first kappa shape index (κ1) is 46.0. The van der Waals surface area contributed by atoms with Gasteiger partial charge in [-0.25, -0.2) is 0 Å². The Bertz CT molecular complexity index is 2740. The molecule has 4 N–H and O–H groups in total. The zero-order chi connectivity index (χ0) is 45.9. The van der Waals surface area contributed by atoms with Crippen LogP contribution in [0.3, 0.4) is 0 Å². The molecule has 0 amide bonds. The third-order valence-corrected chi connectivity index (χ3v) is 14.9. The Kier molecular flexibility index (Phi) is 13.8. The number of H-pyrrole nitrogens is 2. The molecule has 342 valence electrons. The average molecular weight is 978 g/mol. The van der Waals surface area contributed by atoms with E-state index >= 15 is 0 Å². The summed E-state index contributed by atoms with van der Waals surface area (Å²) < 4.78 is 59.8. The summed E-state index contributed by atoms with van der Waals surface area (Å²) in [6.07, 6.45) is -2.57. The van der Waals surface area contributed by atoms with Crippen molar-refractivity contribution in [1.82, 2.24) is 24.5 Å². The Morgan fingerprint density at radius 1 is 0.908 bits per heavy atom. The number of nitrogens with two attached hydrogens (primary N) is 1. The SMILES string of the molecule is COc1ccc(C(OCC2OC(n3cnc4c(=O)[nH]c(N)nc43)CC2OP(=[Se])(OC)OCC2OC([n+]3c[nH]c(=O)c(C)c3)CC2OC(C)=O)(c2ccccc2)c2ccc(OC)cc2)cc1. The van der Waals surface area contributed by atoms with Crippen LogP contribution in [-0.2, 0) is 42.9 Å². The number of ether oxygens (including phenoxy) is 6. The predicted octanol–water partition coefficient (Wildman–Crippen LogP) is 4.11. The van der Waals surface area contributed by atoms with E-state index < -0.39 is 60.2 Å². The van der Waals surface area contributed by atoms with Gasteiger partial charge in [0.1, 0.15) is 0 Å². The second kappa shape index (κ2) is 19.5. The molecule has 3 aromatic heterocycles. The van der Waals surface area contributed by atoms with Crippen LogP contribution in [0.25, 0.3) is 11.2 Å². The van der Waals surface area contributed by atoms with Crippen molar-refractivity contribution in [3.05, 3.63) is 141 Å². The Labute approximate surface area is 380 Å². The van der Waals surface area contributed by atoms with Crippen molar-refractivity contribution in [2.24, 2.45) is 0 Å². The van der Waals surface area contributed by atoms with Gasteiger partial charge in [0, 0.05) is 0 Å². The van der Waals surface area contributed by atoms with E-state index in [1.807, 2.05) is 78.9 Å². The predicted molar refractivity (Wildman–Crippen MR) is 236 cm³/mol. The fourth-order valence-corrected chi connectivity index (χ4v) is 10.3. The van der Waals surface area contributed by atoms with Crippen molar-refractivity contribution in [2.45, 2.75) is 69.2 Å². The molecule has 6 aromatic rings. The minimum absolute atomic E-state index is 0.0433. The summed E-state index contributed by atoms with van der Waals surface area (Å²) >= 11 is 3.01. The van der Waals surface area contributed by atoms with Gasteiger partial charge in [0.15, 0.2) is 0 Å². The number of nitrogen functional groups attached to an aromatic ring is 1. The van der Waals surface area contributed by atoms with Crippen LogP contribution in [0.2, 0.25) is 0 Å². The molecule has 7 unspecified atom stereocenters. The Balaban J connectivity index is 1.13. The number of nitrogens with one attached hydrogen (secondary N) is 2. The molecule has 19 nitrogen and oxygen atoms in total. The van der Waals surface area contributed by atoms with Gasteiger partial charge in [0.2, 0.25) is 0 Å². The molecule has 2 aliphatic heterocycles. The van der Waals surface area contributed by atoms with E-state index in [0.717, 1.165) is 16.7 Å². The van der Waals surface area contributed by atoms with E-state index in [1.54, 1.807) is 36.5 Å². The zero-order valence-electron chi connectivity index (χ0n) is 36.2. The normalized spacial score (nSPS) is 21.9. The number of nitrogens with zero attached hydrogens (tertiary/aromatic N) is 4. The van der Waals surface area contributed by atoms with Gasteiger partial charge < -0.3 is 0 Å². The molecule has 0 bridgehead atoms. The summed E-state index contributed by atoms with van der Waals surface area (Å²) in [6, 6.07) is 25.2. The first-order valence-electron chi connectivity index (χ1n) is 20.6. The van der Waals surface area contributed by atoms with E-state index in [0.29, 0.717) is 23.5 Å². The number of imidazole rings is 1. The van der Waals surface area contributed by atoms with Crippen molar-refractivity contribution in [3.63, 3.8) is 0 Å². The zero-order valence-corrected chi connectivity index (χ0v) is 38.8. The number of anilines is 1. The molecule has 8 rings (SSSR count). The van der Waals surface area contributed by atoms with Crippen LogP contribution in [0.5, 0.6) is 11.5 Å². The summed E-state index contributed by atoms with van der Waals surface area (Å²) in [5.74, 6) is 0.768. The first-order valence-corrected chi connectivity index (χ1v) is 24.4. The van der Waals surface area contributed by atoms with E-state index in [9.17, 15) is 14.4 Å². The number of aromatic amines is 2. The number of aromatic nitrogens is 6. The number of hydrogen-bond acceptors (Lipinski definition) is 15. The Morgan fingerprint density at radius 3 is 2.17 bits per heavy atom. The second-order valence-electron chi connectivity index (χ2n) is 15.4. The summed E-state index contributed by atoms with van der Waals surface area (Å²) in [5, 5.41) is 0. The van der Waals surface area contributed by atoms with Gasteiger partial charge in [-0.2, -0.15) is 0 Å². The first-order chi connectivity index (χ1) is 31.3. The molecular weight excluding hydrogens is 928 g/mol. The summed E-state index contributed by atoms with van der Waals surface area (Å²) in [6.45, 7) is 2.86. The molecular formula is C44H49N7O12PSe+. The van der Waals surface area contributed by atoms with Crippen molar-refractivity contribution >= 4 is 44.4 Å². The van der Waals surface area contributed by atoms with E-state index in [4.69, 9.17) is 47.7 Å². The molecule has 0 spiro atoms. The number of esters is 1. The average Bonchev–Trinajstić information content (AvgIpc) is 4.04. The molecule has 65 heavy (non-hydrogen) atoms. The number of rotatable bonds is 17. The van der Waals surface area contributed by atoms with Crippen molar-refractivity contribution < 1.29 is 51.4 Å². The van der Waals surface area contributed by atoms with Crippen LogP contribution in [0, 0.1) is 6.92 Å². The Morgan fingerprint density at radius 2 is 1.55 bits per heavy atom. The van der Waals surface area contributed by atoms with Crippen molar-refractivity contribution in [2.75, 3.05) is 40.3 Å². The number of fused-ring (bicyclic) bond motifs is 1. The molecule has 5 heterocycles. The van der Waals surface area contributed by atoms with Crippen LogP contribution in [0.1, 0.15) is 54.5 Å². The number of methoxy groups -OCH3 is 2. The maximum absolute atomic E-state index is 12.8. The molecule has 3 aromatic carbocycles. The van der Waals surface area contributed by atoms with Gasteiger partial charge in [-0.1, -0.05) is 0 Å². The van der Waals surface area contributed by atoms with Gasteiger partial charge in [-0.15, -0.1) is 0 Å². The number of carbonyl (C=O) groups is 1. The molecule has 7 atom stereocenters. The van der Waals surface area contributed by atoms with Gasteiger partial charge >= 0.3 is 368 Å². The molecule has 0 aliphatic carbocycles. The Hall–Kier alpha value is -5.53. The molecule has 0 saturated carbocycles. The van der Waals surface area contributed by atoms with Gasteiger partial charge in [-0.3, -0.25) is 0 Å². The summed E-state index contributed by atoms with van der Waals surface area (Å²) in [7, 11) is 4.68. The van der Waals surface area contributed by atoms with Crippen molar-refractivity contribution in [3.8, 4) is 11.5 Å². The van der Waals surface area contributed by atoms with Crippen LogP contribution in [-0.4, -0.2) is 105 Å². The standard InChI is InChI=1S/C44H48N7O12PSe/c1-26-21-50(24-47-41(26)53)37-19-33(60-27(2)52)36(61-37)23-59-64(65,57-5)63-34-20-38(51-25-46-39-40(51)48-43(45)49-42(39)54)62-35(34)22-58-44(28-9-7-6-8-10-28,29-11-15-31(55-3)16-12-29)30-13-17-32(56-4)18-14-30/h6-18,21,24-25,33-38H,19-20,22-23H2,1-5H3,(H3,45,48,49,54)/p+1.